The molecule has 4 heteroatoms. The van der Waals surface area contributed by atoms with Crippen LogP contribution in [-0.4, -0.2) is 35.4 Å². The van der Waals surface area contributed by atoms with Crippen LogP contribution in [0.4, 0.5) is 0 Å². The third-order valence-corrected chi connectivity index (χ3v) is 2.03. The molecule has 1 saturated heterocycles. The molecular formula is C4H7BINO. The van der Waals surface area contributed by atoms with Crippen LogP contribution < -0.4 is 0 Å². The summed E-state index contributed by atoms with van der Waals surface area (Å²) in [5.74, 6) is 0. The molecule has 0 amide bonds. The van der Waals surface area contributed by atoms with Gasteiger partial charge in [-0.05, 0) is 0 Å². The number of halogens is 1. The van der Waals surface area contributed by atoms with Crippen LogP contribution in [-0.2, 0) is 4.79 Å². The summed E-state index contributed by atoms with van der Waals surface area (Å²) in [5.41, 5.74) is 0. The fourth-order valence-corrected chi connectivity index (χ4v) is 1.88. The second-order valence-corrected chi connectivity index (χ2v) is 3.74. The second kappa shape index (κ2) is 2.82. The van der Waals surface area contributed by atoms with Crippen molar-refractivity contribution in [3.8, 4) is 0 Å². The first-order chi connectivity index (χ1) is 3.83. The van der Waals surface area contributed by atoms with Crippen molar-refractivity contribution in [1.29, 1.82) is 0 Å². The molecule has 2 nitrogen and oxygen atoms in total. The van der Waals surface area contributed by atoms with Crippen LogP contribution in [0.1, 0.15) is 0 Å². The lowest BCUT2D eigenvalue weighted by atomic mass is 9.90. The minimum absolute atomic E-state index is 0.625. The summed E-state index contributed by atoms with van der Waals surface area (Å²) >= 11 is 2.39. The molecular weight excluding hydrogens is 216 g/mol. The zero-order valence-electron chi connectivity index (χ0n) is 4.51. The van der Waals surface area contributed by atoms with Gasteiger partial charge < -0.3 is 9.61 Å². The molecule has 1 heterocycles. The van der Waals surface area contributed by atoms with Crippen LogP contribution in [0.5, 0.6) is 0 Å². The Morgan fingerprint density at radius 3 is 2.75 bits per heavy atom. The number of rotatable bonds is 2. The minimum atomic E-state index is 0.625. The Labute approximate surface area is 63.0 Å². The smallest absolute Gasteiger partial charge is 0.281 e. The van der Waals surface area contributed by atoms with Crippen LogP contribution in [0.2, 0.25) is 0 Å². The Morgan fingerprint density at radius 2 is 2.38 bits per heavy atom. The van der Waals surface area contributed by atoms with Crippen molar-refractivity contribution < 1.29 is 4.79 Å². The van der Waals surface area contributed by atoms with E-state index in [2.05, 4.69) is 27.4 Å². The number of hydrogen-bond acceptors (Lipinski definition) is 2. The van der Waals surface area contributed by atoms with Gasteiger partial charge in [-0.3, -0.25) is 0 Å². The molecule has 0 spiro atoms. The molecule has 0 radical (unpaired) electrons. The third-order valence-electron chi connectivity index (χ3n) is 1.25. The van der Waals surface area contributed by atoms with Crippen molar-refractivity contribution in [2.45, 2.75) is 3.92 Å². The molecule has 0 aromatic carbocycles. The maximum atomic E-state index is 9.87. The van der Waals surface area contributed by atoms with Crippen molar-refractivity contribution in [2.24, 2.45) is 0 Å². The van der Waals surface area contributed by atoms with Crippen LogP contribution in [0.15, 0.2) is 0 Å². The molecule has 8 heavy (non-hydrogen) atoms. The SMILES string of the molecule is O=CBN1CC(I)C1. The first-order valence-electron chi connectivity index (χ1n) is 2.63. The highest BCUT2D eigenvalue weighted by atomic mass is 127. The number of alkyl halides is 1. The average Bonchev–Trinajstić information content (AvgIpc) is 1.64. The highest BCUT2D eigenvalue weighted by Gasteiger charge is 2.22. The van der Waals surface area contributed by atoms with Crippen LogP contribution >= 0.6 is 22.6 Å². The van der Waals surface area contributed by atoms with Gasteiger partial charge in [0.2, 0.25) is 0 Å². The van der Waals surface area contributed by atoms with Gasteiger partial charge in [0, 0.05) is 17.0 Å². The summed E-state index contributed by atoms with van der Waals surface area (Å²) in [7, 11) is 0.625. The fraction of sp³-hybridized carbons (Fsp3) is 0.750. The van der Waals surface area contributed by atoms with E-state index in [1.807, 2.05) is 0 Å². The van der Waals surface area contributed by atoms with E-state index in [-0.39, 0.29) is 0 Å². The summed E-state index contributed by atoms with van der Waals surface area (Å²) in [6.45, 7) is 2.19. The molecule has 1 rings (SSSR count). The lowest BCUT2D eigenvalue weighted by molar-refractivity contribution is 0.347. The van der Waals surface area contributed by atoms with Gasteiger partial charge in [-0.15, -0.1) is 0 Å². The monoisotopic (exact) mass is 223 g/mol. The third kappa shape index (κ3) is 1.45. The minimum Gasteiger partial charge on any atom is -0.337 e. The zero-order chi connectivity index (χ0) is 5.98. The maximum absolute atomic E-state index is 9.87. The summed E-state index contributed by atoms with van der Waals surface area (Å²) in [6, 6.07) is 0. The number of hydrogen-bond donors (Lipinski definition) is 0. The second-order valence-electron chi connectivity index (χ2n) is 1.98. The van der Waals surface area contributed by atoms with Gasteiger partial charge in [0.05, 0.1) is 6.19 Å². The Kier molecular flexibility index (Phi) is 2.31. The first kappa shape index (κ1) is 6.54. The molecule has 44 valence electrons. The van der Waals surface area contributed by atoms with Gasteiger partial charge in [-0.2, -0.15) is 0 Å². The molecule has 0 aromatic heterocycles. The maximum Gasteiger partial charge on any atom is 0.281 e. The van der Waals surface area contributed by atoms with Gasteiger partial charge >= 0.3 is 0 Å². The van der Waals surface area contributed by atoms with Crippen molar-refractivity contribution in [2.75, 3.05) is 13.1 Å². The van der Waals surface area contributed by atoms with E-state index >= 15 is 0 Å². The zero-order valence-corrected chi connectivity index (χ0v) is 6.67. The lowest BCUT2D eigenvalue weighted by Crippen LogP contribution is -2.49. The fourth-order valence-electron chi connectivity index (χ4n) is 0.761. The van der Waals surface area contributed by atoms with Crippen molar-refractivity contribution >= 4 is 36.2 Å². The van der Waals surface area contributed by atoms with E-state index in [9.17, 15) is 4.79 Å². The Morgan fingerprint density at radius 1 is 1.75 bits per heavy atom. The first-order valence-corrected chi connectivity index (χ1v) is 3.87. The lowest BCUT2D eigenvalue weighted by Gasteiger charge is -2.34. The molecule has 1 aliphatic heterocycles. The van der Waals surface area contributed by atoms with Gasteiger partial charge in [0.25, 0.3) is 7.41 Å². The molecule has 0 aliphatic carbocycles. The summed E-state index contributed by atoms with van der Waals surface area (Å²) in [5, 5.41) is 0. The predicted octanol–water partition coefficient (Wildman–Crippen LogP) is -0.353. The summed E-state index contributed by atoms with van der Waals surface area (Å²) in [6.07, 6.45) is 0.961. The topological polar surface area (TPSA) is 20.3 Å². The summed E-state index contributed by atoms with van der Waals surface area (Å²) < 4.78 is 0.785. The molecule has 1 aliphatic rings. The van der Waals surface area contributed by atoms with E-state index < -0.39 is 0 Å². The van der Waals surface area contributed by atoms with E-state index in [4.69, 9.17) is 0 Å². The van der Waals surface area contributed by atoms with Gasteiger partial charge in [-0.25, -0.2) is 0 Å². The van der Waals surface area contributed by atoms with Gasteiger partial charge in [0.15, 0.2) is 0 Å². The normalized spacial score (nSPS) is 22.1. The molecule has 0 N–H and O–H groups in total. The number of carbonyl (C=O) groups is 1. The summed E-state index contributed by atoms with van der Waals surface area (Å²) in [4.78, 5) is 12.0. The Hall–Kier alpha value is 0.425. The van der Waals surface area contributed by atoms with E-state index in [1.165, 1.54) is 0 Å². The van der Waals surface area contributed by atoms with Crippen LogP contribution in [0, 0.1) is 0 Å². The van der Waals surface area contributed by atoms with Crippen LogP contribution in [0.3, 0.4) is 0 Å². The van der Waals surface area contributed by atoms with Gasteiger partial charge in [-0.1, -0.05) is 22.6 Å². The molecule has 0 aromatic rings. The number of carbonyl (C=O) groups excluding carboxylic acids is 1. The van der Waals surface area contributed by atoms with Gasteiger partial charge in [0.1, 0.15) is 0 Å². The molecule has 0 saturated carbocycles. The van der Waals surface area contributed by atoms with Crippen molar-refractivity contribution in [3.05, 3.63) is 0 Å². The Bertz CT molecular complexity index is 94.0. The van der Waals surface area contributed by atoms with E-state index in [1.54, 1.807) is 0 Å². The van der Waals surface area contributed by atoms with Crippen LogP contribution in [0.25, 0.3) is 0 Å². The highest BCUT2D eigenvalue weighted by molar-refractivity contribution is 14.1. The standard InChI is InChI=1S/C4H7BINO/c6-4-1-7(2-4)5-3-8/h3-5H,1-2H2. The quantitative estimate of drug-likeness (QED) is 0.276. The van der Waals surface area contributed by atoms with E-state index in [0.29, 0.717) is 7.41 Å². The Balaban J connectivity index is 2.06. The number of nitrogens with zero attached hydrogens (tertiary/aromatic N) is 1. The van der Waals surface area contributed by atoms with Crippen molar-refractivity contribution in [1.82, 2.24) is 4.81 Å². The molecule has 0 bridgehead atoms. The largest absolute Gasteiger partial charge is 0.337 e. The average molecular weight is 223 g/mol. The van der Waals surface area contributed by atoms with Crippen molar-refractivity contribution in [3.63, 3.8) is 0 Å². The van der Waals surface area contributed by atoms with E-state index in [0.717, 1.165) is 23.2 Å². The molecule has 0 atom stereocenters. The predicted molar refractivity (Wildman–Crippen MR) is 43.3 cm³/mol. The highest BCUT2D eigenvalue weighted by Crippen LogP contribution is 2.13. The molecule has 1 fully saturated rings. The molecule has 0 unspecified atom stereocenters.